The summed E-state index contributed by atoms with van der Waals surface area (Å²) in [7, 11) is 0. The van der Waals surface area contributed by atoms with Gasteiger partial charge in [-0.2, -0.15) is 0 Å². The fraction of sp³-hybridized carbons (Fsp3) is 0.429. The molecule has 0 bridgehead atoms. The summed E-state index contributed by atoms with van der Waals surface area (Å²) in [6.07, 6.45) is 0. The fourth-order valence-electron chi connectivity index (χ4n) is 6.37. The molecule has 44 heavy (non-hydrogen) atoms. The van der Waals surface area contributed by atoms with E-state index in [0.717, 1.165) is 33.8 Å². The molecule has 0 saturated heterocycles. The van der Waals surface area contributed by atoms with Gasteiger partial charge in [0, 0.05) is 22.3 Å². The predicted molar refractivity (Wildman–Crippen MR) is 190 cm³/mol. The summed E-state index contributed by atoms with van der Waals surface area (Å²) >= 11 is 0. The van der Waals surface area contributed by atoms with Crippen LogP contribution in [0.1, 0.15) is 152 Å². The second kappa shape index (κ2) is 14.1. The molecule has 4 aromatic carbocycles. The molecule has 0 heterocycles. The molecule has 0 aliphatic rings. The Morgan fingerprint density at radius 2 is 0.591 bits per heavy atom. The maximum Gasteiger partial charge on any atom is 0.190 e. The van der Waals surface area contributed by atoms with Gasteiger partial charge in [-0.25, -0.2) is 0 Å². The molecule has 0 aliphatic heterocycles. The van der Waals surface area contributed by atoms with Crippen molar-refractivity contribution in [2.45, 2.75) is 119 Å². The zero-order valence-corrected chi connectivity index (χ0v) is 29.2. The molecule has 0 radical (unpaired) electrons. The minimum absolute atomic E-state index is 0.257. The molecular formula is C42H54O2. The van der Waals surface area contributed by atoms with Gasteiger partial charge in [0.25, 0.3) is 0 Å². The van der Waals surface area contributed by atoms with E-state index in [9.17, 15) is 0 Å². The topological polar surface area (TPSA) is 18.5 Å². The largest absolute Gasteiger partial charge is 0.289 e. The predicted octanol–water partition coefficient (Wildman–Crippen LogP) is 13.1. The molecule has 0 amide bonds. The highest BCUT2D eigenvalue weighted by Gasteiger charge is 2.27. The highest BCUT2D eigenvalue weighted by atomic mass is 17.2. The lowest BCUT2D eigenvalue weighted by Crippen LogP contribution is -2.12. The maximum absolute atomic E-state index is 6.78. The Hall–Kier alpha value is -3.52. The second-order valence-corrected chi connectivity index (χ2v) is 14.2. The highest BCUT2D eigenvalue weighted by molar-refractivity contribution is 5.81. The van der Waals surface area contributed by atoms with Gasteiger partial charge in [-0.3, -0.25) is 9.78 Å². The number of benzene rings is 4. The Labute approximate surface area is 267 Å². The average molecular weight is 591 g/mol. The van der Waals surface area contributed by atoms with Gasteiger partial charge in [0.05, 0.1) is 0 Å². The third-order valence-corrected chi connectivity index (χ3v) is 8.84. The number of hydrogen-bond acceptors (Lipinski definition) is 2. The van der Waals surface area contributed by atoms with Crippen molar-refractivity contribution in [3.63, 3.8) is 0 Å². The summed E-state index contributed by atoms with van der Waals surface area (Å²) in [5.74, 6) is 3.55. The van der Waals surface area contributed by atoms with Crippen LogP contribution in [0.3, 0.4) is 0 Å². The Balaban J connectivity index is 2.03. The van der Waals surface area contributed by atoms with Crippen LogP contribution in [0, 0.1) is 0 Å². The van der Waals surface area contributed by atoms with Crippen LogP contribution in [0.25, 0.3) is 22.3 Å². The Kier molecular flexibility index (Phi) is 10.7. The first kappa shape index (κ1) is 33.4. The summed E-state index contributed by atoms with van der Waals surface area (Å²) in [5, 5.41) is 0. The van der Waals surface area contributed by atoms with Gasteiger partial charge in [-0.1, -0.05) is 156 Å². The van der Waals surface area contributed by atoms with Gasteiger partial charge >= 0.3 is 0 Å². The van der Waals surface area contributed by atoms with Crippen LogP contribution in [0.15, 0.2) is 72.8 Å². The molecule has 0 aromatic heterocycles. The second-order valence-electron chi connectivity index (χ2n) is 14.2. The quantitative estimate of drug-likeness (QED) is 0.128. The van der Waals surface area contributed by atoms with E-state index >= 15 is 0 Å². The van der Waals surface area contributed by atoms with E-state index in [1.807, 2.05) is 0 Å². The number of hydrogen-bond donors (Lipinski definition) is 0. The third kappa shape index (κ3) is 6.75. The highest BCUT2D eigenvalue weighted by Crippen LogP contribution is 2.48. The van der Waals surface area contributed by atoms with Crippen LogP contribution in [0.5, 0.6) is 11.5 Å². The molecule has 0 spiro atoms. The molecule has 0 unspecified atom stereocenters. The van der Waals surface area contributed by atoms with Crippen LogP contribution in [0.4, 0.5) is 0 Å². The SMILES string of the molecule is CC(C)c1ccccc1-c1c(C(C)C)ccc(C(C)C)c1OOc1c(C(C)C)ccc(C(C)C)c1-c1ccccc1C(C)C. The Morgan fingerprint density at radius 3 is 0.886 bits per heavy atom. The Morgan fingerprint density at radius 1 is 0.318 bits per heavy atom. The van der Waals surface area contributed by atoms with Crippen molar-refractivity contribution in [2.75, 3.05) is 0 Å². The first-order valence-electron chi connectivity index (χ1n) is 16.7. The van der Waals surface area contributed by atoms with Crippen LogP contribution >= 0.6 is 0 Å². The Bertz CT molecular complexity index is 1450. The molecule has 234 valence electrons. The van der Waals surface area contributed by atoms with Gasteiger partial charge < -0.3 is 0 Å². The average Bonchev–Trinajstić information content (AvgIpc) is 2.98. The molecular weight excluding hydrogens is 536 g/mol. The standard InChI is InChI=1S/C42H54O2/c1-25(2)31-17-13-15-19-37(31)39-33(27(5)6)21-23-35(29(9)10)41(39)43-44-42-36(30(11)12)24-22-34(28(7)8)40(42)38-20-16-14-18-32(38)26(3)4/h13-30H,1-12H3. The molecule has 2 heteroatoms. The molecule has 4 rings (SSSR count). The smallest absolute Gasteiger partial charge is 0.190 e. The fourth-order valence-corrected chi connectivity index (χ4v) is 6.37. The first-order chi connectivity index (χ1) is 20.8. The van der Waals surface area contributed by atoms with E-state index in [2.05, 4.69) is 156 Å². The van der Waals surface area contributed by atoms with Gasteiger partial charge in [-0.05, 0) is 68.9 Å². The van der Waals surface area contributed by atoms with E-state index in [4.69, 9.17) is 9.78 Å². The summed E-state index contributed by atoms with van der Waals surface area (Å²) < 4.78 is 0. The van der Waals surface area contributed by atoms with Crippen LogP contribution in [-0.2, 0) is 0 Å². The van der Waals surface area contributed by atoms with E-state index in [1.54, 1.807) is 0 Å². The molecule has 0 saturated carbocycles. The summed E-state index contributed by atoms with van der Waals surface area (Å²) in [5.41, 5.74) is 12.2. The monoisotopic (exact) mass is 590 g/mol. The lowest BCUT2D eigenvalue weighted by molar-refractivity contribution is -0.101. The van der Waals surface area contributed by atoms with Crippen molar-refractivity contribution >= 4 is 0 Å². The van der Waals surface area contributed by atoms with Crippen molar-refractivity contribution in [1.29, 1.82) is 0 Å². The zero-order valence-electron chi connectivity index (χ0n) is 29.2. The van der Waals surface area contributed by atoms with Gasteiger partial charge in [0.2, 0.25) is 0 Å². The summed E-state index contributed by atoms with van der Waals surface area (Å²) in [6, 6.07) is 26.6. The van der Waals surface area contributed by atoms with E-state index < -0.39 is 0 Å². The van der Waals surface area contributed by atoms with E-state index in [0.29, 0.717) is 23.7 Å². The summed E-state index contributed by atoms with van der Waals surface area (Å²) in [6.45, 7) is 27.1. The third-order valence-electron chi connectivity index (χ3n) is 8.84. The molecule has 0 N–H and O–H groups in total. The first-order valence-corrected chi connectivity index (χ1v) is 16.7. The lowest BCUT2D eigenvalue weighted by atomic mass is 9.83. The lowest BCUT2D eigenvalue weighted by Gasteiger charge is -2.26. The molecule has 0 fully saturated rings. The normalized spacial score (nSPS) is 12.0. The molecule has 0 aliphatic carbocycles. The van der Waals surface area contributed by atoms with Gasteiger partial charge in [-0.15, -0.1) is 0 Å². The van der Waals surface area contributed by atoms with E-state index in [-0.39, 0.29) is 11.8 Å². The van der Waals surface area contributed by atoms with Crippen LogP contribution in [0.2, 0.25) is 0 Å². The maximum atomic E-state index is 6.78. The van der Waals surface area contributed by atoms with Crippen molar-refractivity contribution in [2.24, 2.45) is 0 Å². The van der Waals surface area contributed by atoms with Crippen molar-refractivity contribution in [1.82, 2.24) is 0 Å². The van der Waals surface area contributed by atoms with Crippen molar-refractivity contribution in [3.05, 3.63) is 106 Å². The van der Waals surface area contributed by atoms with Crippen molar-refractivity contribution < 1.29 is 9.78 Å². The minimum atomic E-state index is 0.257. The molecule has 0 atom stereocenters. The zero-order chi connectivity index (χ0) is 32.3. The molecule has 4 aromatic rings. The van der Waals surface area contributed by atoms with Crippen LogP contribution < -0.4 is 9.78 Å². The van der Waals surface area contributed by atoms with Gasteiger partial charge in [0.15, 0.2) is 11.5 Å². The molecule has 2 nitrogen and oxygen atoms in total. The summed E-state index contributed by atoms with van der Waals surface area (Å²) in [4.78, 5) is 13.6. The minimum Gasteiger partial charge on any atom is -0.289 e. The van der Waals surface area contributed by atoms with Crippen LogP contribution in [-0.4, -0.2) is 0 Å². The van der Waals surface area contributed by atoms with E-state index in [1.165, 1.54) is 33.4 Å². The number of rotatable bonds is 11. The van der Waals surface area contributed by atoms with Gasteiger partial charge in [0.1, 0.15) is 0 Å². The van der Waals surface area contributed by atoms with Crippen molar-refractivity contribution in [3.8, 4) is 33.8 Å².